The Balaban J connectivity index is 1.79. The Morgan fingerprint density at radius 3 is 2.23 bits per heavy atom. The number of hydrogen-bond acceptors (Lipinski definition) is 4. The van der Waals surface area contributed by atoms with Gasteiger partial charge in [-0.2, -0.15) is 0 Å². The first kappa shape index (κ1) is 17.3. The summed E-state index contributed by atoms with van der Waals surface area (Å²) >= 11 is 0. The number of amides is 3. The van der Waals surface area contributed by atoms with Crippen molar-refractivity contribution < 1.29 is 24.3 Å². The third-order valence-corrected chi connectivity index (χ3v) is 4.17. The maximum absolute atomic E-state index is 12.4. The lowest BCUT2D eigenvalue weighted by Crippen LogP contribution is -2.41. The largest absolute Gasteiger partial charge is 0.478 e. The highest BCUT2D eigenvalue weighted by Crippen LogP contribution is 2.23. The lowest BCUT2D eigenvalue weighted by Gasteiger charge is -2.15. The number of rotatable bonds is 4. The van der Waals surface area contributed by atoms with Gasteiger partial charge < -0.3 is 10.4 Å². The molecule has 2 aromatic carbocycles. The number of nitrogens with zero attached hydrogens (tertiary/aromatic N) is 1. The van der Waals surface area contributed by atoms with E-state index in [2.05, 4.69) is 5.32 Å². The molecule has 0 fully saturated rings. The highest BCUT2D eigenvalue weighted by molar-refractivity contribution is 6.21. The molecule has 0 saturated heterocycles. The Labute approximate surface area is 149 Å². The van der Waals surface area contributed by atoms with E-state index in [0.717, 1.165) is 16.0 Å². The number of aryl methyl sites for hydroxylation is 2. The van der Waals surface area contributed by atoms with Gasteiger partial charge in [-0.15, -0.1) is 0 Å². The Morgan fingerprint density at radius 2 is 1.54 bits per heavy atom. The molecule has 0 unspecified atom stereocenters. The first-order valence-corrected chi connectivity index (χ1v) is 7.88. The first-order chi connectivity index (χ1) is 12.3. The minimum absolute atomic E-state index is 0.0232. The second-order valence-electron chi connectivity index (χ2n) is 6.11. The van der Waals surface area contributed by atoms with Gasteiger partial charge in [-0.1, -0.05) is 23.3 Å². The number of carbonyl (C=O) groups excluding carboxylic acids is 3. The summed E-state index contributed by atoms with van der Waals surface area (Å²) in [6.07, 6.45) is 0. The Bertz CT molecular complexity index is 964. The molecule has 1 heterocycles. The molecule has 0 saturated carbocycles. The standard InChI is InChI=1S/C19H16N2O5/c1-10-4-6-13(19(25)26)14(7-10)16(22)20-9-21-17(23)12-5-3-11(2)8-15(12)18(21)24/h3-8H,9H2,1-2H3,(H,20,22)(H,25,26). The van der Waals surface area contributed by atoms with Crippen LogP contribution in [0.5, 0.6) is 0 Å². The van der Waals surface area contributed by atoms with Crippen LogP contribution in [0.2, 0.25) is 0 Å². The third-order valence-electron chi connectivity index (χ3n) is 4.17. The number of carbonyl (C=O) groups is 4. The van der Waals surface area contributed by atoms with Crippen molar-refractivity contribution in [1.29, 1.82) is 0 Å². The van der Waals surface area contributed by atoms with Gasteiger partial charge in [0.25, 0.3) is 17.7 Å². The number of fused-ring (bicyclic) bond motifs is 1. The van der Waals surface area contributed by atoms with Gasteiger partial charge in [0.05, 0.1) is 22.3 Å². The van der Waals surface area contributed by atoms with Crippen molar-refractivity contribution in [2.75, 3.05) is 6.67 Å². The van der Waals surface area contributed by atoms with Gasteiger partial charge >= 0.3 is 5.97 Å². The van der Waals surface area contributed by atoms with Crippen LogP contribution in [0.25, 0.3) is 0 Å². The maximum Gasteiger partial charge on any atom is 0.336 e. The van der Waals surface area contributed by atoms with Crippen LogP contribution in [0.3, 0.4) is 0 Å². The summed E-state index contributed by atoms with van der Waals surface area (Å²) < 4.78 is 0. The van der Waals surface area contributed by atoms with E-state index in [1.807, 2.05) is 6.92 Å². The van der Waals surface area contributed by atoms with Crippen LogP contribution in [-0.2, 0) is 0 Å². The number of imide groups is 1. The van der Waals surface area contributed by atoms with Crippen molar-refractivity contribution in [2.24, 2.45) is 0 Å². The van der Waals surface area contributed by atoms with E-state index in [0.29, 0.717) is 5.56 Å². The summed E-state index contributed by atoms with van der Waals surface area (Å²) in [4.78, 5) is 49.4. The molecule has 7 nitrogen and oxygen atoms in total. The topological polar surface area (TPSA) is 104 Å². The molecule has 0 aromatic heterocycles. The molecule has 0 bridgehead atoms. The average Bonchev–Trinajstić information content (AvgIpc) is 2.82. The van der Waals surface area contributed by atoms with E-state index < -0.39 is 23.7 Å². The van der Waals surface area contributed by atoms with Gasteiger partial charge in [-0.25, -0.2) is 4.79 Å². The average molecular weight is 352 g/mol. The van der Waals surface area contributed by atoms with Crippen molar-refractivity contribution in [3.63, 3.8) is 0 Å². The van der Waals surface area contributed by atoms with Crippen LogP contribution in [-0.4, -0.2) is 40.4 Å². The zero-order chi connectivity index (χ0) is 19.0. The SMILES string of the molecule is Cc1ccc(C(=O)O)c(C(=O)NCN2C(=O)c3ccc(C)cc3C2=O)c1. The summed E-state index contributed by atoms with van der Waals surface area (Å²) in [5.41, 5.74) is 1.98. The van der Waals surface area contributed by atoms with Gasteiger partial charge in [0.1, 0.15) is 6.67 Å². The zero-order valence-electron chi connectivity index (χ0n) is 14.2. The molecular formula is C19H16N2O5. The third kappa shape index (κ3) is 2.95. The molecule has 7 heteroatoms. The molecule has 26 heavy (non-hydrogen) atoms. The molecule has 0 spiro atoms. The van der Waals surface area contributed by atoms with Crippen LogP contribution >= 0.6 is 0 Å². The fourth-order valence-electron chi connectivity index (χ4n) is 2.83. The molecule has 2 aromatic rings. The van der Waals surface area contributed by atoms with Gasteiger partial charge in [0, 0.05) is 0 Å². The lowest BCUT2D eigenvalue weighted by atomic mass is 10.0. The summed E-state index contributed by atoms with van der Waals surface area (Å²) in [5, 5.41) is 11.7. The van der Waals surface area contributed by atoms with E-state index in [9.17, 15) is 24.3 Å². The molecule has 1 aliphatic rings. The van der Waals surface area contributed by atoms with Gasteiger partial charge in [0.15, 0.2) is 0 Å². The molecule has 3 amide bonds. The van der Waals surface area contributed by atoms with Crippen LogP contribution in [0.4, 0.5) is 0 Å². The predicted molar refractivity (Wildman–Crippen MR) is 92.2 cm³/mol. The van der Waals surface area contributed by atoms with Crippen LogP contribution in [0.15, 0.2) is 36.4 Å². The van der Waals surface area contributed by atoms with Crippen LogP contribution in [0, 0.1) is 13.8 Å². The second-order valence-corrected chi connectivity index (χ2v) is 6.11. The lowest BCUT2D eigenvalue weighted by molar-refractivity contribution is 0.0627. The summed E-state index contributed by atoms with van der Waals surface area (Å²) in [6, 6.07) is 9.32. The van der Waals surface area contributed by atoms with Gasteiger partial charge in [0.2, 0.25) is 0 Å². The monoisotopic (exact) mass is 352 g/mol. The highest BCUT2D eigenvalue weighted by atomic mass is 16.4. The van der Waals surface area contributed by atoms with Crippen molar-refractivity contribution in [2.45, 2.75) is 13.8 Å². The molecule has 0 aliphatic carbocycles. The van der Waals surface area contributed by atoms with Crippen LogP contribution in [0.1, 0.15) is 52.6 Å². The summed E-state index contributed by atoms with van der Waals surface area (Å²) in [5.74, 6) is -2.88. The Kier molecular flexibility index (Phi) is 4.29. The minimum atomic E-state index is -1.23. The quantitative estimate of drug-likeness (QED) is 0.819. The van der Waals surface area contributed by atoms with Crippen molar-refractivity contribution >= 4 is 23.7 Å². The number of nitrogens with one attached hydrogen (secondary N) is 1. The van der Waals surface area contributed by atoms with Gasteiger partial charge in [-0.05, 0) is 38.1 Å². The Hall–Kier alpha value is -3.48. The fraction of sp³-hybridized carbons (Fsp3) is 0.158. The molecule has 2 N–H and O–H groups in total. The number of hydrogen-bond donors (Lipinski definition) is 2. The smallest absolute Gasteiger partial charge is 0.336 e. The number of benzene rings is 2. The highest BCUT2D eigenvalue weighted by Gasteiger charge is 2.35. The number of aromatic carboxylic acids is 1. The summed E-state index contributed by atoms with van der Waals surface area (Å²) in [6.45, 7) is 3.21. The summed E-state index contributed by atoms with van der Waals surface area (Å²) in [7, 11) is 0. The number of carboxylic acid groups (broad SMARTS) is 1. The fourth-order valence-corrected chi connectivity index (χ4v) is 2.83. The maximum atomic E-state index is 12.4. The normalized spacial score (nSPS) is 12.9. The number of carboxylic acids is 1. The second kappa shape index (κ2) is 6.44. The van der Waals surface area contributed by atoms with E-state index in [1.54, 1.807) is 31.2 Å². The molecule has 0 radical (unpaired) electrons. The molecule has 3 rings (SSSR count). The van der Waals surface area contributed by atoms with E-state index >= 15 is 0 Å². The zero-order valence-corrected chi connectivity index (χ0v) is 14.2. The van der Waals surface area contributed by atoms with Crippen molar-refractivity contribution in [3.8, 4) is 0 Å². The molecule has 0 atom stereocenters. The molecule has 1 aliphatic heterocycles. The van der Waals surface area contributed by atoms with E-state index in [1.165, 1.54) is 12.1 Å². The Morgan fingerprint density at radius 1 is 0.923 bits per heavy atom. The van der Waals surface area contributed by atoms with Crippen molar-refractivity contribution in [1.82, 2.24) is 10.2 Å². The van der Waals surface area contributed by atoms with E-state index in [-0.39, 0.29) is 23.4 Å². The van der Waals surface area contributed by atoms with Crippen molar-refractivity contribution in [3.05, 3.63) is 69.8 Å². The molecular weight excluding hydrogens is 336 g/mol. The molecule has 132 valence electrons. The van der Waals surface area contributed by atoms with E-state index in [4.69, 9.17) is 0 Å². The van der Waals surface area contributed by atoms with Gasteiger partial charge in [-0.3, -0.25) is 19.3 Å². The minimum Gasteiger partial charge on any atom is -0.478 e. The van der Waals surface area contributed by atoms with Crippen LogP contribution < -0.4 is 5.32 Å². The predicted octanol–water partition coefficient (Wildman–Crippen LogP) is 1.99. The first-order valence-electron chi connectivity index (χ1n) is 7.88.